The number of nitrogens with zero attached hydrogens (tertiary/aromatic N) is 2. The van der Waals surface area contributed by atoms with E-state index >= 15 is 0 Å². The summed E-state index contributed by atoms with van der Waals surface area (Å²) in [5.41, 5.74) is 2.38. The molecule has 0 aliphatic rings. The molecule has 0 saturated heterocycles. The minimum absolute atomic E-state index is 0.598. The van der Waals surface area contributed by atoms with Gasteiger partial charge in [0, 0.05) is 60.2 Å². The zero-order chi connectivity index (χ0) is 20.3. The maximum atomic E-state index is 12.3. The van der Waals surface area contributed by atoms with Gasteiger partial charge in [0.1, 0.15) is 0 Å². The highest BCUT2D eigenvalue weighted by Gasteiger charge is 2.03. The van der Waals surface area contributed by atoms with Crippen molar-refractivity contribution in [1.82, 2.24) is 15.2 Å². The molecule has 1 aromatic heterocycles. The fourth-order valence-electron chi connectivity index (χ4n) is 3.22. The fourth-order valence-corrected chi connectivity index (χ4v) is 4.26. The van der Waals surface area contributed by atoms with E-state index in [0.717, 1.165) is 37.6 Å². The van der Waals surface area contributed by atoms with Crippen molar-refractivity contribution < 1.29 is 4.21 Å². The molecule has 3 aromatic rings. The van der Waals surface area contributed by atoms with Gasteiger partial charge >= 0.3 is 0 Å². The van der Waals surface area contributed by atoms with Crippen molar-refractivity contribution in [3.63, 3.8) is 0 Å². The van der Waals surface area contributed by atoms with Gasteiger partial charge in [-0.1, -0.05) is 48.5 Å². The number of benzene rings is 2. The minimum Gasteiger partial charge on any atom is -0.357 e. The Kier molecular flexibility index (Phi) is 8.31. The second-order valence-corrected chi connectivity index (χ2v) is 8.46. The van der Waals surface area contributed by atoms with Gasteiger partial charge < -0.3 is 15.2 Å². The summed E-state index contributed by atoms with van der Waals surface area (Å²) in [6.07, 6.45) is 3.11. The smallest absolute Gasteiger partial charge is 0.191 e. The molecule has 2 N–H and O–H groups in total. The Labute approximate surface area is 175 Å². The Morgan fingerprint density at radius 2 is 1.83 bits per heavy atom. The van der Waals surface area contributed by atoms with E-state index in [-0.39, 0.29) is 0 Å². The lowest BCUT2D eigenvalue weighted by Crippen LogP contribution is -2.39. The van der Waals surface area contributed by atoms with Crippen molar-refractivity contribution in [2.24, 2.45) is 4.99 Å². The van der Waals surface area contributed by atoms with Crippen LogP contribution in [0.4, 0.5) is 0 Å². The van der Waals surface area contributed by atoms with Crippen LogP contribution in [-0.4, -0.2) is 40.1 Å². The summed E-state index contributed by atoms with van der Waals surface area (Å²) in [6, 6.07) is 20.6. The first-order valence-corrected chi connectivity index (χ1v) is 11.7. The van der Waals surface area contributed by atoms with E-state index in [2.05, 4.69) is 63.6 Å². The maximum Gasteiger partial charge on any atom is 0.191 e. The van der Waals surface area contributed by atoms with Gasteiger partial charge in [-0.3, -0.25) is 9.20 Å². The molecule has 3 rings (SSSR count). The Morgan fingerprint density at radius 1 is 1.03 bits per heavy atom. The molecule has 0 radical (unpaired) electrons. The van der Waals surface area contributed by atoms with Crippen molar-refractivity contribution in [2.75, 3.05) is 25.4 Å². The summed E-state index contributed by atoms with van der Waals surface area (Å²) in [7, 11) is -0.881. The van der Waals surface area contributed by atoms with Crippen molar-refractivity contribution in [3.05, 3.63) is 72.4 Å². The molecule has 0 fully saturated rings. The molecule has 2 aromatic carbocycles. The van der Waals surface area contributed by atoms with Crippen molar-refractivity contribution in [1.29, 1.82) is 0 Å². The molecular weight excluding hydrogens is 380 g/mol. The Morgan fingerprint density at radius 3 is 2.66 bits per heavy atom. The average molecular weight is 411 g/mol. The zero-order valence-electron chi connectivity index (χ0n) is 17.0. The van der Waals surface area contributed by atoms with Gasteiger partial charge in [0.05, 0.1) is 0 Å². The van der Waals surface area contributed by atoms with Gasteiger partial charge in [0.15, 0.2) is 5.96 Å². The van der Waals surface area contributed by atoms with Gasteiger partial charge in [0.2, 0.25) is 0 Å². The molecule has 6 heteroatoms. The van der Waals surface area contributed by atoms with E-state index in [1.165, 1.54) is 10.9 Å². The minimum atomic E-state index is -0.881. The molecule has 1 unspecified atom stereocenters. The molecule has 154 valence electrons. The molecule has 1 heterocycles. The van der Waals surface area contributed by atoms with Gasteiger partial charge in [-0.15, -0.1) is 0 Å². The highest BCUT2D eigenvalue weighted by molar-refractivity contribution is 7.84. The number of aryl methyl sites for hydroxylation is 1. The van der Waals surface area contributed by atoms with Gasteiger partial charge in [-0.25, -0.2) is 0 Å². The first-order valence-electron chi connectivity index (χ1n) is 10.2. The molecule has 1 atom stereocenters. The highest BCUT2D eigenvalue weighted by Crippen LogP contribution is 2.15. The lowest BCUT2D eigenvalue weighted by molar-refractivity contribution is 0.666. The van der Waals surface area contributed by atoms with Crippen LogP contribution in [0.25, 0.3) is 10.9 Å². The van der Waals surface area contributed by atoms with Crippen LogP contribution in [0.5, 0.6) is 0 Å². The molecule has 0 spiro atoms. The summed E-state index contributed by atoms with van der Waals surface area (Å²) in [5.74, 6) is 2.00. The molecule has 5 nitrogen and oxygen atoms in total. The van der Waals surface area contributed by atoms with E-state index in [0.29, 0.717) is 18.1 Å². The zero-order valence-corrected chi connectivity index (χ0v) is 17.8. The van der Waals surface area contributed by atoms with E-state index in [9.17, 15) is 4.21 Å². The van der Waals surface area contributed by atoms with Crippen molar-refractivity contribution >= 4 is 27.7 Å². The summed E-state index contributed by atoms with van der Waals surface area (Å²) in [5, 5.41) is 7.83. The largest absolute Gasteiger partial charge is 0.357 e. The quantitative estimate of drug-likeness (QED) is 0.305. The molecular formula is C23H30N4OS. The van der Waals surface area contributed by atoms with Crippen LogP contribution in [0, 0.1) is 0 Å². The Balaban J connectivity index is 1.41. The van der Waals surface area contributed by atoms with Crippen LogP contribution in [0.2, 0.25) is 0 Å². The second kappa shape index (κ2) is 11.4. The summed E-state index contributed by atoms with van der Waals surface area (Å²) < 4.78 is 14.5. The lowest BCUT2D eigenvalue weighted by Gasteiger charge is -2.11. The van der Waals surface area contributed by atoms with Crippen LogP contribution < -0.4 is 10.6 Å². The number of hydrogen-bond acceptors (Lipinski definition) is 2. The van der Waals surface area contributed by atoms with Crippen LogP contribution in [-0.2, 0) is 23.1 Å². The van der Waals surface area contributed by atoms with Crippen molar-refractivity contribution in [3.8, 4) is 0 Å². The lowest BCUT2D eigenvalue weighted by atomic mass is 10.2. The summed E-state index contributed by atoms with van der Waals surface area (Å²) in [6.45, 7) is 5.19. The number of guanidine groups is 1. The summed E-state index contributed by atoms with van der Waals surface area (Å²) >= 11 is 0. The first-order chi connectivity index (χ1) is 14.3. The van der Waals surface area contributed by atoms with Crippen LogP contribution >= 0.6 is 0 Å². The van der Waals surface area contributed by atoms with E-state index in [4.69, 9.17) is 0 Å². The van der Waals surface area contributed by atoms with Crippen LogP contribution in [0.1, 0.15) is 18.9 Å². The van der Waals surface area contributed by atoms with E-state index < -0.39 is 10.8 Å². The molecule has 0 saturated carbocycles. The SMILES string of the molecule is CCNC(=NCCCn1ccc2ccccc21)NCCS(=O)Cc1ccccc1. The molecule has 0 aliphatic heterocycles. The standard InChI is InChI=1S/C23H30N4OS/c1-2-24-23(26-15-18-29(28)19-20-9-4-3-5-10-20)25-14-8-16-27-17-13-21-11-6-7-12-22(21)27/h3-7,9-13,17H,2,8,14-16,18-19H2,1H3,(H2,24,25,26). The van der Waals surface area contributed by atoms with Crippen molar-refractivity contribution in [2.45, 2.75) is 25.6 Å². The molecule has 0 amide bonds. The van der Waals surface area contributed by atoms with E-state index in [1.807, 2.05) is 30.3 Å². The fraction of sp³-hybridized carbons (Fsp3) is 0.348. The molecule has 0 bridgehead atoms. The molecule has 0 aliphatic carbocycles. The average Bonchev–Trinajstić information content (AvgIpc) is 3.15. The van der Waals surface area contributed by atoms with Gasteiger partial charge in [-0.2, -0.15) is 0 Å². The predicted molar refractivity (Wildman–Crippen MR) is 124 cm³/mol. The number of aromatic nitrogens is 1. The Bertz CT molecular complexity index is 936. The highest BCUT2D eigenvalue weighted by atomic mass is 32.2. The normalized spacial score (nSPS) is 12.8. The Hall–Kier alpha value is -2.60. The van der Waals surface area contributed by atoms with Crippen LogP contribution in [0.3, 0.4) is 0 Å². The van der Waals surface area contributed by atoms with Crippen LogP contribution in [0.15, 0.2) is 71.9 Å². The predicted octanol–water partition coefficient (Wildman–Crippen LogP) is 3.54. The number of rotatable bonds is 10. The second-order valence-electron chi connectivity index (χ2n) is 6.88. The third-order valence-corrected chi connectivity index (χ3v) is 5.96. The number of nitrogens with one attached hydrogen (secondary N) is 2. The molecule has 29 heavy (non-hydrogen) atoms. The number of aliphatic imine (C=N–C) groups is 1. The van der Waals surface area contributed by atoms with E-state index in [1.54, 1.807) is 0 Å². The summed E-state index contributed by atoms with van der Waals surface area (Å²) in [4.78, 5) is 4.66. The third-order valence-electron chi connectivity index (χ3n) is 4.64. The number of hydrogen-bond donors (Lipinski definition) is 2. The maximum absolute atomic E-state index is 12.3. The first kappa shape index (κ1) is 21.1. The number of fused-ring (bicyclic) bond motifs is 1. The number of para-hydroxylation sites is 1. The monoisotopic (exact) mass is 410 g/mol. The topological polar surface area (TPSA) is 58.4 Å². The van der Waals surface area contributed by atoms with Gasteiger partial charge in [-0.05, 0) is 36.4 Å². The van der Waals surface area contributed by atoms with Gasteiger partial charge in [0.25, 0.3) is 0 Å². The third kappa shape index (κ3) is 6.75.